The summed E-state index contributed by atoms with van der Waals surface area (Å²) < 4.78 is 12.4. The lowest BCUT2D eigenvalue weighted by molar-refractivity contribution is -0.214. The first-order chi connectivity index (χ1) is 15.9. The molecule has 0 aromatic rings. The van der Waals surface area contributed by atoms with Crippen LogP contribution in [0.1, 0.15) is 111 Å². The van der Waals surface area contributed by atoms with Crippen molar-refractivity contribution in [2.24, 2.45) is 51.8 Å². The van der Waals surface area contributed by atoms with Crippen LogP contribution in [0.4, 0.5) is 0 Å². The van der Waals surface area contributed by atoms with Crippen LogP contribution in [-0.4, -0.2) is 30.7 Å². The van der Waals surface area contributed by atoms with Gasteiger partial charge in [-0.2, -0.15) is 0 Å². The lowest BCUT2D eigenvalue weighted by Crippen LogP contribution is -2.61. The second kappa shape index (κ2) is 8.48. The molecule has 6 rings (SSSR count). The predicted molar refractivity (Wildman–Crippen MR) is 132 cm³/mol. The summed E-state index contributed by atoms with van der Waals surface area (Å²) in [5, 5.41) is 10.6. The summed E-state index contributed by atoms with van der Waals surface area (Å²) in [5.41, 5.74) is 1.40. The van der Waals surface area contributed by atoms with E-state index in [4.69, 9.17) is 9.47 Å². The molecule has 0 amide bonds. The smallest absolute Gasteiger partial charge is 0.157 e. The van der Waals surface area contributed by atoms with Crippen LogP contribution in [0.5, 0.6) is 0 Å². The molecule has 5 aliphatic carbocycles. The van der Waals surface area contributed by atoms with Gasteiger partial charge in [0.25, 0.3) is 0 Å². The van der Waals surface area contributed by atoms with Crippen molar-refractivity contribution in [3.63, 3.8) is 0 Å². The van der Waals surface area contributed by atoms with Crippen molar-refractivity contribution in [3.05, 3.63) is 0 Å². The van der Waals surface area contributed by atoms with Crippen molar-refractivity contribution >= 4 is 0 Å². The van der Waals surface area contributed by atoms with Crippen LogP contribution >= 0.6 is 0 Å². The molecule has 0 aromatic heterocycles. The quantitative estimate of drug-likeness (QED) is 0.496. The Balaban J connectivity index is 1.21. The zero-order chi connectivity index (χ0) is 22.8. The van der Waals surface area contributed by atoms with Gasteiger partial charge in [-0.05, 0) is 135 Å². The number of rotatable bonds is 3. The maximum Gasteiger partial charge on any atom is 0.157 e. The first kappa shape index (κ1) is 23.3. The van der Waals surface area contributed by atoms with Crippen molar-refractivity contribution in [2.45, 2.75) is 123 Å². The van der Waals surface area contributed by atoms with E-state index in [1.807, 2.05) is 0 Å². The molecule has 1 saturated heterocycles. The molecule has 3 heteroatoms. The van der Waals surface area contributed by atoms with Crippen LogP contribution < -0.4 is 0 Å². The second-order valence-corrected chi connectivity index (χ2v) is 14.0. The van der Waals surface area contributed by atoms with Crippen LogP contribution in [0.15, 0.2) is 0 Å². The van der Waals surface area contributed by atoms with E-state index in [0.29, 0.717) is 22.2 Å². The van der Waals surface area contributed by atoms with Crippen LogP contribution in [-0.2, 0) is 9.47 Å². The number of ether oxygens (including phenoxy) is 2. The molecule has 1 heterocycles. The third-order valence-corrected chi connectivity index (χ3v) is 12.9. The van der Waals surface area contributed by atoms with E-state index in [-0.39, 0.29) is 12.4 Å². The summed E-state index contributed by atoms with van der Waals surface area (Å²) >= 11 is 0. The molecular formula is C30H50O3. The van der Waals surface area contributed by atoms with Gasteiger partial charge < -0.3 is 14.6 Å². The standard InChI is InChI=1S/C30H50O3/c1-20-22-11-15-29(3)23-12-17-30(19-33-27-8-4-5-18-32-27)14-6-7-24(30)21(23)9-10-26(29)28(22,2)16-13-25(20)31/h20-27,31H,4-19H2,1-3H3. The van der Waals surface area contributed by atoms with Crippen LogP contribution in [0.25, 0.3) is 0 Å². The highest BCUT2D eigenvalue weighted by molar-refractivity contribution is 5.13. The lowest BCUT2D eigenvalue weighted by Gasteiger charge is -2.67. The molecule has 0 radical (unpaired) electrons. The minimum absolute atomic E-state index is 0.0642. The van der Waals surface area contributed by atoms with E-state index in [1.165, 1.54) is 77.0 Å². The van der Waals surface area contributed by atoms with E-state index in [9.17, 15) is 5.11 Å². The SMILES string of the molecule is CC1C(O)CCC2(C)C1CCC1(C)C3CCC4(COC5CCCCO5)CCCC4C3CCC21. The number of hydrogen-bond donors (Lipinski definition) is 1. The van der Waals surface area contributed by atoms with Crippen LogP contribution in [0.2, 0.25) is 0 Å². The molecule has 6 fully saturated rings. The fraction of sp³-hybridized carbons (Fsp3) is 1.00. The van der Waals surface area contributed by atoms with Crippen LogP contribution in [0, 0.1) is 51.8 Å². The fourth-order valence-corrected chi connectivity index (χ4v) is 11.3. The Bertz CT molecular complexity index is 717. The average molecular weight is 459 g/mol. The molecule has 0 spiro atoms. The molecule has 11 atom stereocenters. The van der Waals surface area contributed by atoms with Gasteiger partial charge in [-0.15, -0.1) is 0 Å². The number of hydrogen-bond acceptors (Lipinski definition) is 3. The summed E-state index contributed by atoms with van der Waals surface area (Å²) in [4.78, 5) is 0. The Labute approximate surface area is 202 Å². The topological polar surface area (TPSA) is 38.7 Å². The predicted octanol–water partition coefficient (Wildman–Crippen LogP) is 6.97. The Hall–Kier alpha value is -0.120. The Morgan fingerprint density at radius 2 is 1.58 bits per heavy atom. The van der Waals surface area contributed by atoms with Gasteiger partial charge in [0.15, 0.2) is 6.29 Å². The highest BCUT2D eigenvalue weighted by atomic mass is 16.7. The minimum Gasteiger partial charge on any atom is -0.393 e. The second-order valence-electron chi connectivity index (χ2n) is 14.0. The summed E-state index contributed by atoms with van der Waals surface area (Å²) in [6, 6.07) is 0. The minimum atomic E-state index is -0.0642. The van der Waals surface area contributed by atoms with Crippen molar-refractivity contribution < 1.29 is 14.6 Å². The molecule has 3 nitrogen and oxygen atoms in total. The normalized spacial score (nSPS) is 56.4. The first-order valence-corrected chi connectivity index (χ1v) is 14.8. The lowest BCUT2D eigenvalue weighted by atomic mass is 9.37. The van der Waals surface area contributed by atoms with Gasteiger partial charge in [0.1, 0.15) is 0 Å². The van der Waals surface area contributed by atoms with Crippen molar-refractivity contribution in [3.8, 4) is 0 Å². The molecule has 188 valence electrons. The van der Waals surface area contributed by atoms with Gasteiger partial charge in [-0.1, -0.05) is 27.2 Å². The van der Waals surface area contributed by atoms with E-state index < -0.39 is 0 Å². The molecule has 33 heavy (non-hydrogen) atoms. The van der Waals surface area contributed by atoms with Gasteiger partial charge in [-0.3, -0.25) is 0 Å². The van der Waals surface area contributed by atoms with Gasteiger partial charge in [0, 0.05) is 6.61 Å². The maximum atomic E-state index is 10.6. The van der Waals surface area contributed by atoms with E-state index >= 15 is 0 Å². The van der Waals surface area contributed by atoms with E-state index in [0.717, 1.165) is 55.6 Å². The average Bonchev–Trinajstić information content (AvgIpc) is 3.26. The highest BCUT2D eigenvalue weighted by Crippen LogP contribution is 2.71. The largest absolute Gasteiger partial charge is 0.393 e. The van der Waals surface area contributed by atoms with Gasteiger partial charge in [0.2, 0.25) is 0 Å². The Morgan fingerprint density at radius 1 is 0.788 bits per heavy atom. The summed E-state index contributed by atoms with van der Waals surface area (Å²) in [5.74, 6) is 4.80. The Kier molecular flexibility index (Phi) is 5.98. The summed E-state index contributed by atoms with van der Waals surface area (Å²) in [7, 11) is 0. The first-order valence-electron chi connectivity index (χ1n) is 14.8. The molecule has 6 aliphatic rings. The van der Waals surface area contributed by atoms with Crippen molar-refractivity contribution in [1.82, 2.24) is 0 Å². The van der Waals surface area contributed by atoms with Crippen molar-refractivity contribution in [2.75, 3.05) is 13.2 Å². The Morgan fingerprint density at radius 3 is 2.39 bits per heavy atom. The van der Waals surface area contributed by atoms with Gasteiger partial charge in [-0.25, -0.2) is 0 Å². The number of fused-ring (bicyclic) bond motifs is 7. The third-order valence-electron chi connectivity index (χ3n) is 12.9. The van der Waals surface area contributed by atoms with Gasteiger partial charge >= 0.3 is 0 Å². The highest BCUT2D eigenvalue weighted by Gasteiger charge is 2.64. The van der Waals surface area contributed by atoms with Gasteiger partial charge in [0.05, 0.1) is 12.7 Å². The summed E-state index contributed by atoms with van der Waals surface area (Å²) in [6.45, 7) is 9.57. The molecule has 5 saturated carbocycles. The zero-order valence-corrected chi connectivity index (χ0v) is 21.7. The maximum absolute atomic E-state index is 10.6. The molecule has 1 aliphatic heterocycles. The zero-order valence-electron chi connectivity index (χ0n) is 21.7. The van der Waals surface area contributed by atoms with E-state index in [1.54, 1.807) is 0 Å². The monoisotopic (exact) mass is 458 g/mol. The van der Waals surface area contributed by atoms with E-state index in [2.05, 4.69) is 20.8 Å². The number of aliphatic hydroxyl groups is 1. The third kappa shape index (κ3) is 3.52. The molecule has 1 N–H and O–H groups in total. The van der Waals surface area contributed by atoms with Crippen LogP contribution in [0.3, 0.4) is 0 Å². The summed E-state index contributed by atoms with van der Waals surface area (Å²) in [6.07, 6.45) is 18.6. The number of aliphatic hydroxyl groups excluding tert-OH is 1. The molecule has 0 bridgehead atoms. The molecular weight excluding hydrogens is 408 g/mol. The molecule has 0 aromatic carbocycles. The fourth-order valence-electron chi connectivity index (χ4n) is 11.3. The molecule has 11 unspecified atom stereocenters. The van der Waals surface area contributed by atoms with Crippen molar-refractivity contribution in [1.29, 1.82) is 0 Å².